The van der Waals surface area contributed by atoms with Crippen molar-refractivity contribution in [2.24, 2.45) is 5.41 Å². The van der Waals surface area contributed by atoms with Crippen LogP contribution in [0, 0.1) is 5.41 Å². The van der Waals surface area contributed by atoms with Gasteiger partial charge in [-0.25, -0.2) is 4.98 Å². The normalized spacial score (nSPS) is 19.0. The summed E-state index contributed by atoms with van der Waals surface area (Å²) in [6.45, 7) is 4.35. The van der Waals surface area contributed by atoms with Gasteiger partial charge in [0.2, 0.25) is 0 Å². The van der Waals surface area contributed by atoms with Gasteiger partial charge in [0.15, 0.2) is 11.5 Å². The van der Waals surface area contributed by atoms with Crippen LogP contribution in [0.4, 0.5) is 5.82 Å². The number of aromatic nitrogens is 2. The molecule has 0 saturated carbocycles. The second kappa shape index (κ2) is 5.02. The number of nitrogen functional groups attached to an aromatic ring is 1. The molecule has 3 rings (SSSR count). The number of nitrogens with zero attached hydrogens (tertiary/aromatic N) is 2. The van der Waals surface area contributed by atoms with Crippen LogP contribution in [-0.4, -0.2) is 22.5 Å². The van der Waals surface area contributed by atoms with Crippen molar-refractivity contribution >= 4 is 23.3 Å². The summed E-state index contributed by atoms with van der Waals surface area (Å²) in [7, 11) is 1.59. The zero-order valence-electron chi connectivity index (χ0n) is 12.9. The third kappa shape index (κ3) is 2.16. The smallest absolute Gasteiger partial charge is 0.271 e. The lowest BCUT2D eigenvalue weighted by atomic mass is 9.85. The highest BCUT2D eigenvalue weighted by molar-refractivity contribution is 6.30. The van der Waals surface area contributed by atoms with E-state index < -0.39 is 0 Å². The highest BCUT2D eigenvalue weighted by Gasteiger charge is 2.41. The minimum atomic E-state index is -0.229. The summed E-state index contributed by atoms with van der Waals surface area (Å²) in [5.41, 5.74) is 8.61. The summed E-state index contributed by atoms with van der Waals surface area (Å²) in [5, 5.41) is 3.36. The first-order chi connectivity index (χ1) is 10.3. The van der Waals surface area contributed by atoms with E-state index in [1.165, 1.54) is 5.56 Å². The second-order valence-corrected chi connectivity index (χ2v) is 6.81. The molecule has 1 aromatic heterocycles. The summed E-state index contributed by atoms with van der Waals surface area (Å²) >= 11 is 6.12. The van der Waals surface area contributed by atoms with E-state index in [2.05, 4.69) is 24.1 Å². The van der Waals surface area contributed by atoms with Crippen LogP contribution >= 0.6 is 11.6 Å². The van der Waals surface area contributed by atoms with E-state index in [-0.39, 0.29) is 23.2 Å². The van der Waals surface area contributed by atoms with Gasteiger partial charge in [-0.1, -0.05) is 31.5 Å². The van der Waals surface area contributed by atoms with Gasteiger partial charge in [-0.3, -0.25) is 4.79 Å². The number of carbonyl (C=O) groups excluding carboxylic acids is 1. The van der Waals surface area contributed by atoms with Crippen LogP contribution < -0.4 is 11.1 Å². The van der Waals surface area contributed by atoms with Gasteiger partial charge in [0.1, 0.15) is 0 Å². The topological polar surface area (TPSA) is 72.9 Å². The molecule has 1 heterocycles. The van der Waals surface area contributed by atoms with Gasteiger partial charge in [-0.2, -0.15) is 0 Å². The first-order valence-electron chi connectivity index (χ1n) is 7.18. The van der Waals surface area contributed by atoms with Crippen LogP contribution in [0.5, 0.6) is 0 Å². The van der Waals surface area contributed by atoms with Crippen molar-refractivity contribution in [3.8, 4) is 0 Å². The van der Waals surface area contributed by atoms with E-state index in [4.69, 9.17) is 17.3 Å². The molecule has 1 aromatic carbocycles. The van der Waals surface area contributed by atoms with Crippen molar-refractivity contribution in [2.45, 2.75) is 26.3 Å². The minimum Gasteiger partial charge on any atom is -0.382 e. The maximum absolute atomic E-state index is 12.2. The Balaban J connectivity index is 2.18. The number of amides is 1. The maximum Gasteiger partial charge on any atom is 0.271 e. The average Bonchev–Trinajstić information content (AvgIpc) is 2.93. The van der Waals surface area contributed by atoms with Crippen LogP contribution in [-0.2, 0) is 6.42 Å². The predicted molar refractivity (Wildman–Crippen MR) is 87.1 cm³/mol. The van der Waals surface area contributed by atoms with E-state index in [9.17, 15) is 4.79 Å². The molecule has 1 unspecified atom stereocenters. The highest BCUT2D eigenvalue weighted by atomic mass is 35.5. The number of nitrogens with two attached hydrogens (primary N) is 1. The molecule has 116 valence electrons. The SMILES string of the molecule is CNC(=O)c1c(N)ncn1C1c2ccc(Cl)cc2CC1(C)C. The van der Waals surface area contributed by atoms with E-state index >= 15 is 0 Å². The zero-order chi connectivity index (χ0) is 16.1. The molecule has 0 bridgehead atoms. The highest BCUT2D eigenvalue weighted by Crippen LogP contribution is 2.48. The van der Waals surface area contributed by atoms with Gasteiger partial charge in [0, 0.05) is 12.1 Å². The third-order valence-electron chi connectivity index (χ3n) is 4.33. The molecular formula is C16H19ClN4O. The number of imidazole rings is 1. The molecule has 1 atom stereocenters. The molecule has 1 amide bonds. The summed E-state index contributed by atoms with van der Waals surface area (Å²) < 4.78 is 1.88. The summed E-state index contributed by atoms with van der Waals surface area (Å²) in [6, 6.07) is 5.91. The first kappa shape index (κ1) is 14.9. The Bertz CT molecular complexity index is 751. The van der Waals surface area contributed by atoms with Crippen molar-refractivity contribution in [3.05, 3.63) is 46.4 Å². The fourth-order valence-electron chi connectivity index (χ4n) is 3.45. The fraction of sp³-hybridized carbons (Fsp3) is 0.375. The number of fused-ring (bicyclic) bond motifs is 1. The van der Waals surface area contributed by atoms with Gasteiger partial charge in [0.05, 0.1) is 12.4 Å². The number of nitrogens with one attached hydrogen (secondary N) is 1. The summed E-state index contributed by atoms with van der Waals surface area (Å²) in [4.78, 5) is 16.3. The molecule has 3 N–H and O–H groups in total. The molecule has 1 aliphatic carbocycles. The summed E-state index contributed by atoms with van der Waals surface area (Å²) in [5.74, 6) is 0.0192. The largest absolute Gasteiger partial charge is 0.382 e. The average molecular weight is 319 g/mol. The van der Waals surface area contributed by atoms with Gasteiger partial charge in [0.25, 0.3) is 5.91 Å². The Morgan fingerprint density at radius 3 is 2.91 bits per heavy atom. The maximum atomic E-state index is 12.2. The number of carbonyl (C=O) groups is 1. The molecule has 5 nitrogen and oxygen atoms in total. The molecule has 22 heavy (non-hydrogen) atoms. The number of hydrogen-bond acceptors (Lipinski definition) is 3. The number of benzene rings is 1. The second-order valence-electron chi connectivity index (χ2n) is 6.38. The lowest BCUT2D eigenvalue weighted by Crippen LogP contribution is -2.29. The third-order valence-corrected chi connectivity index (χ3v) is 4.56. The van der Waals surface area contributed by atoms with Crippen LogP contribution in [0.3, 0.4) is 0 Å². The number of anilines is 1. The molecule has 0 saturated heterocycles. The van der Waals surface area contributed by atoms with Crippen molar-refractivity contribution in [2.75, 3.05) is 12.8 Å². The van der Waals surface area contributed by atoms with Crippen molar-refractivity contribution in [1.29, 1.82) is 0 Å². The first-order valence-corrected chi connectivity index (χ1v) is 7.55. The lowest BCUT2D eigenvalue weighted by molar-refractivity contribution is 0.0950. The Morgan fingerprint density at radius 2 is 2.23 bits per heavy atom. The minimum absolute atomic E-state index is 0.00290. The monoisotopic (exact) mass is 318 g/mol. The van der Waals surface area contributed by atoms with E-state index in [1.807, 2.05) is 22.8 Å². The van der Waals surface area contributed by atoms with Gasteiger partial charge < -0.3 is 15.6 Å². The van der Waals surface area contributed by atoms with Crippen LogP contribution in [0.1, 0.15) is 41.5 Å². The molecule has 0 spiro atoms. The molecule has 2 aromatic rings. The Morgan fingerprint density at radius 1 is 1.50 bits per heavy atom. The lowest BCUT2D eigenvalue weighted by Gasteiger charge is -2.30. The zero-order valence-corrected chi connectivity index (χ0v) is 13.6. The Kier molecular flexibility index (Phi) is 3.40. The van der Waals surface area contributed by atoms with E-state index in [1.54, 1.807) is 13.4 Å². The number of hydrogen-bond donors (Lipinski definition) is 2. The Labute approximate surface area is 134 Å². The molecule has 0 radical (unpaired) electrons. The molecule has 0 aliphatic heterocycles. The van der Waals surface area contributed by atoms with Crippen LogP contribution in [0.2, 0.25) is 5.02 Å². The van der Waals surface area contributed by atoms with E-state index in [0.717, 1.165) is 17.0 Å². The van der Waals surface area contributed by atoms with Crippen LogP contribution in [0.25, 0.3) is 0 Å². The fourth-order valence-corrected chi connectivity index (χ4v) is 3.65. The standard InChI is InChI=1S/C16H19ClN4O/c1-16(2)7-9-6-10(17)4-5-11(9)13(16)21-8-20-14(18)12(21)15(22)19-3/h4-6,8,13H,7,18H2,1-3H3,(H,19,22). The molecule has 6 heteroatoms. The van der Waals surface area contributed by atoms with Gasteiger partial charge in [-0.15, -0.1) is 0 Å². The van der Waals surface area contributed by atoms with Gasteiger partial charge >= 0.3 is 0 Å². The van der Waals surface area contributed by atoms with Crippen LogP contribution in [0.15, 0.2) is 24.5 Å². The molecule has 1 aliphatic rings. The van der Waals surface area contributed by atoms with Crippen molar-refractivity contribution < 1.29 is 4.79 Å². The van der Waals surface area contributed by atoms with Crippen molar-refractivity contribution in [3.63, 3.8) is 0 Å². The molecule has 0 fully saturated rings. The number of rotatable bonds is 2. The van der Waals surface area contributed by atoms with E-state index in [0.29, 0.717) is 5.69 Å². The number of halogens is 1. The van der Waals surface area contributed by atoms with Gasteiger partial charge in [-0.05, 0) is 35.1 Å². The van der Waals surface area contributed by atoms with Crippen molar-refractivity contribution in [1.82, 2.24) is 14.9 Å². The summed E-state index contributed by atoms with van der Waals surface area (Å²) in [6.07, 6.45) is 2.54. The Hall–Kier alpha value is -2.01. The molecular weight excluding hydrogens is 300 g/mol. The predicted octanol–water partition coefficient (Wildman–Crippen LogP) is 2.65. The quantitative estimate of drug-likeness (QED) is 0.894.